The SMILES string of the molecule is C=CCOc1ccccc1CN(C(=O)CN1CSCC1=O)c1ccc2c(c1)OCCO2. The zero-order valence-electron chi connectivity index (χ0n) is 17.1. The topological polar surface area (TPSA) is 68.3 Å². The lowest BCUT2D eigenvalue weighted by Crippen LogP contribution is -2.41. The zero-order valence-corrected chi connectivity index (χ0v) is 17.9. The van der Waals surface area contributed by atoms with Gasteiger partial charge in [0.05, 0.1) is 18.2 Å². The molecule has 8 heteroatoms. The Balaban J connectivity index is 1.63. The smallest absolute Gasteiger partial charge is 0.246 e. The number of nitrogens with zero attached hydrogens (tertiary/aromatic N) is 2. The van der Waals surface area contributed by atoms with E-state index in [9.17, 15) is 9.59 Å². The maximum absolute atomic E-state index is 13.3. The van der Waals surface area contributed by atoms with Gasteiger partial charge in [-0.1, -0.05) is 30.9 Å². The van der Waals surface area contributed by atoms with Crippen molar-refractivity contribution in [3.8, 4) is 17.2 Å². The molecule has 2 aromatic carbocycles. The van der Waals surface area contributed by atoms with Gasteiger partial charge in [-0.15, -0.1) is 11.8 Å². The molecule has 2 heterocycles. The van der Waals surface area contributed by atoms with Gasteiger partial charge >= 0.3 is 0 Å². The van der Waals surface area contributed by atoms with Gasteiger partial charge in [-0.2, -0.15) is 0 Å². The second-order valence-corrected chi connectivity index (χ2v) is 8.04. The van der Waals surface area contributed by atoms with Crippen LogP contribution in [0.1, 0.15) is 5.56 Å². The molecule has 0 atom stereocenters. The highest BCUT2D eigenvalue weighted by Gasteiger charge is 2.27. The van der Waals surface area contributed by atoms with Crippen molar-refractivity contribution in [2.24, 2.45) is 0 Å². The van der Waals surface area contributed by atoms with Crippen LogP contribution in [-0.4, -0.2) is 54.7 Å². The van der Waals surface area contributed by atoms with Crippen LogP contribution in [0.5, 0.6) is 17.2 Å². The van der Waals surface area contributed by atoms with Crippen LogP contribution < -0.4 is 19.1 Å². The molecule has 1 fully saturated rings. The molecule has 0 bridgehead atoms. The highest BCUT2D eigenvalue weighted by Crippen LogP contribution is 2.35. The molecule has 0 saturated carbocycles. The van der Waals surface area contributed by atoms with Crippen molar-refractivity contribution in [2.45, 2.75) is 6.54 Å². The maximum Gasteiger partial charge on any atom is 0.246 e. The second kappa shape index (κ2) is 9.78. The molecule has 0 radical (unpaired) electrons. The number of amides is 2. The first-order chi connectivity index (χ1) is 15.2. The van der Waals surface area contributed by atoms with Gasteiger partial charge < -0.3 is 24.0 Å². The molecule has 2 aliphatic rings. The minimum absolute atomic E-state index is 0.0183. The van der Waals surface area contributed by atoms with Crippen molar-refractivity contribution < 1.29 is 23.8 Å². The minimum Gasteiger partial charge on any atom is -0.489 e. The maximum atomic E-state index is 13.3. The Kier molecular flexibility index (Phi) is 6.66. The molecule has 0 aliphatic carbocycles. The normalized spacial score (nSPS) is 15.0. The summed E-state index contributed by atoms with van der Waals surface area (Å²) >= 11 is 1.51. The van der Waals surface area contributed by atoms with Crippen molar-refractivity contribution in [1.29, 1.82) is 0 Å². The van der Waals surface area contributed by atoms with Crippen molar-refractivity contribution in [1.82, 2.24) is 4.90 Å². The fraction of sp³-hybridized carbons (Fsp3) is 0.304. The summed E-state index contributed by atoms with van der Waals surface area (Å²) in [6.45, 7) is 5.34. The summed E-state index contributed by atoms with van der Waals surface area (Å²) in [5.41, 5.74) is 1.53. The minimum atomic E-state index is -0.175. The first-order valence-corrected chi connectivity index (χ1v) is 11.2. The third kappa shape index (κ3) is 4.96. The molecule has 1 saturated heterocycles. The monoisotopic (exact) mass is 440 g/mol. The Morgan fingerprint density at radius 3 is 2.77 bits per heavy atom. The first kappa shape index (κ1) is 21.1. The molecule has 2 aliphatic heterocycles. The van der Waals surface area contributed by atoms with E-state index in [0.29, 0.717) is 60.9 Å². The molecule has 2 amide bonds. The van der Waals surface area contributed by atoms with Crippen LogP contribution in [0.25, 0.3) is 0 Å². The molecular weight excluding hydrogens is 416 g/mol. The molecule has 0 unspecified atom stereocenters. The third-order valence-electron chi connectivity index (χ3n) is 4.95. The summed E-state index contributed by atoms with van der Waals surface area (Å²) in [4.78, 5) is 28.6. The summed E-state index contributed by atoms with van der Waals surface area (Å²) in [6.07, 6.45) is 1.68. The number of thioether (sulfide) groups is 1. The Morgan fingerprint density at radius 1 is 1.19 bits per heavy atom. The molecular formula is C23H24N2O5S. The molecule has 7 nitrogen and oxygen atoms in total. The van der Waals surface area contributed by atoms with Gasteiger partial charge in [0, 0.05) is 17.3 Å². The van der Waals surface area contributed by atoms with Crippen LogP contribution in [0, 0.1) is 0 Å². The molecule has 2 aromatic rings. The van der Waals surface area contributed by atoms with E-state index in [-0.39, 0.29) is 18.4 Å². The lowest BCUT2D eigenvalue weighted by Gasteiger charge is -2.27. The lowest BCUT2D eigenvalue weighted by atomic mass is 10.1. The molecule has 0 N–H and O–H groups in total. The van der Waals surface area contributed by atoms with Gasteiger partial charge in [0.2, 0.25) is 11.8 Å². The summed E-state index contributed by atoms with van der Waals surface area (Å²) in [5, 5.41) is 0. The Morgan fingerprint density at radius 2 is 2.00 bits per heavy atom. The van der Waals surface area contributed by atoms with Crippen LogP contribution in [-0.2, 0) is 16.1 Å². The highest BCUT2D eigenvalue weighted by molar-refractivity contribution is 8.00. The van der Waals surface area contributed by atoms with Crippen molar-refractivity contribution in [3.05, 3.63) is 60.7 Å². The summed E-state index contributed by atoms with van der Waals surface area (Å²) in [7, 11) is 0. The number of fused-ring (bicyclic) bond motifs is 1. The predicted octanol–water partition coefficient (Wildman–Crippen LogP) is 3.09. The average molecular weight is 441 g/mol. The Hall–Kier alpha value is -3.13. The van der Waals surface area contributed by atoms with Gasteiger partial charge in [-0.05, 0) is 18.2 Å². The van der Waals surface area contributed by atoms with Crippen molar-refractivity contribution in [3.63, 3.8) is 0 Å². The van der Waals surface area contributed by atoms with Crippen LogP contribution in [0.2, 0.25) is 0 Å². The number of hydrogen-bond acceptors (Lipinski definition) is 6. The number of carbonyl (C=O) groups is 2. The number of para-hydroxylation sites is 1. The number of ether oxygens (including phenoxy) is 3. The average Bonchev–Trinajstić information content (AvgIpc) is 3.20. The van der Waals surface area contributed by atoms with Crippen LogP contribution in [0.3, 0.4) is 0 Å². The molecule has 4 rings (SSSR count). The largest absolute Gasteiger partial charge is 0.489 e. The molecule has 162 valence electrons. The van der Waals surface area contributed by atoms with E-state index in [2.05, 4.69) is 6.58 Å². The Bertz CT molecular complexity index is 980. The zero-order chi connectivity index (χ0) is 21.6. The first-order valence-electron chi connectivity index (χ1n) is 10.0. The van der Waals surface area contributed by atoms with Crippen LogP contribution >= 0.6 is 11.8 Å². The van der Waals surface area contributed by atoms with Crippen molar-refractivity contribution >= 4 is 29.3 Å². The quantitative estimate of drug-likeness (QED) is 0.588. The number of hydrogen-bond donors (Lipinski definition) is 0. The summed E-state index contributed by atoms with van der Waals surface area (Å²) in [5.74, 6) is 2.69. The standard InChI is InChI=1S/C23H24N2O5S/c1-2-9-28-19-6-4-3-5-17(19)13-25(22(26)14-24-16-31-15-23(24)27)18-7-8-20-21(12-18)30-11-10-29-20/h2-8,12H,1,9-11,13-16H2. The van der Waals surface area contributed by atoms with Gasteiger partial charge in [-0.3, -0.25) is 9.59 Å². The summed E-state index contributed by atoms with van der Waals surface area (Å²) < 4.78 is 17.1. The van der Waals surface area contributed by atoms with Gasteiger partial charge in [0.1, 0.15) is 32.1 Å². The second-order valence-electron chi connectivity index (χ2n) is 7.08. The highest BCUT2D eigenvalue weighted by atomic mass is 32.2. The van der Waals surface area contributed by atoms with E-state index >= 15 is 0 Å². The fourth-order valence-corrected chi connectivity index (χ4v) is 4.31. The van der Waals surface area contributed by atoms with Crippen molar-refractivity contribution in [2.75, 3.05) is 42.9 Å². The number of carbonyl (C=O) groups excluding carboxylic acids is 2. The van der Waals surface area contributed by atoms with Gasteiger partial charge in [0.25, 0.3) is 0 Å². The number of benzene rings is 2. The van der Waals surface area contributed by atoms with E-state index in [0.717, 1.165) is 5.56 Å². The number of anilines is 1. The molecule has 0 aromatic heterocycles. The number of rotatable bonds is 8. The van der Waals surface area contributed by atoms with Crippen LogP contribution in [0.4, 0.5) is 5.69 Å². The fourth-order valence-electron chi connectivity index (χ4n) is 3.41. The van der Waals surface area contributed by atoms with Crippen LogP contribution in [0.15, 0.2) is 55.1 Å². The molecule has 31 heavy (non-hydrogen) atoms. The van der Waals surface area contributed by atoms with E-state index in [1.807, 2.05) is 30.3 Å². The molecule has 0 spiro atoms. The van der Waals surface area contributed by atoms with E-state index in [4.69, 9.17) is 14.2 Å². The van der Waals surface area contributed by atoms with E-state index < -0.39 is 0 Å². The van der Waals surface area contributed by atoms with Gasteiger partial charge in [0.15, 0.2) is 11.5 Å². The lowest BCUT2D eigenvalue weighted by molar-refractivity contribution is -0.131. The van der Waals surface area contributed by atoms with Gasteiger partial charge in [-0.25, -0.2) is 0 Å². The summed E-state index contributed by atoms with van der Waals surface area (Å²) in [6, 6.07) is 13.0. The predicted molar refractivity (Wildman–Crippen MR) is 120 cm³/mol. The Labute approximate surface area is 185 Å². The van der Waals surface area contributed by atoms with E-state index in [1.54, 1.807) is 28.0 Å². The van der Waals surface area contributed by atoms with E-state index in [1.165, 1.54) is 11.8 Å². The third-order valence-corrected chi connectivity index (χ3v) is 5.89.